The highest BCUT2D eigenvalue weighted by Crippen LogP contribution is 2.22. The molecular weight excluding hydrogens is 318 g/mol. The van der Waals surface area contributed by atoms with Crippen molar-refractivity contribution in [1.29, 1.82) is 0 Å². The third-order valence-corrected chi connectivity index (χ3v) is 3.21. The van der Waals surface area contributed by atoms with E-state index < -0.39 is 0 Å². The molecule has 0 atom stereocenters. The zero-order valence-corrected chi connectivity index (χ0v) is 14.6. The fourth-order valence-corrected chi connectivity index (χ4v) is 1.93. The van der Waals surface area contributed by atoms with Gasteiger partial charge in [0.1, 0.15) is 12.4 Å². The van der Waals surface area contributed by atoms with E-state index in [1.807, 2.05) is 18.2 Å². The van der Waals surface area contributed by atoms with Gasteiger partial charge in [0.15, 0.2) is 5.96 Å². The van der Waals surface area contributed by atoms with Crippen LogP contribution in [0.5, 0.6) is 5.75 Å². The fraction of sp³-hybridized carbons (Fsp3) is 0.562. The second kappa shape index (κ2) is 13.0. The van der Waals surface area contributed by atoms with Crippen LogP contribution in [0, 0.1) is 0 Å². The van der Waals surface area contributed by atoms with E-state index in [0.717, 1.165) is 18.9 Å². The number of nitrogens with zero attached hydrogens (tertiary/aromatic N) is 1. The Morgan fingerprint density at radius 1 is 1.09 bits per heavy atom. The van der Waals surface area contributed by atoms with E-state index in [2.05, 4.69) is 15.6 Å². The quantitative estimate of drug-likeness (QED) is 0.365. The molecule has 2 N–H and O–H groups in total. The van der Waals surface area contributed by atoms with E-state index in [-0.39, 0.29) is 0 Å². The predicted molar refractivity (Wildman–Crippen MR) is 93.6 cm³/mol. The largest absolute Gasteiger partial charge is 0.490 e. The van der Waals surface area contributed by atoms with E-state index in [1.165, 1.54) is 0 Å². The first kappa shape index (κ1) is 19.5. The van der Waals surface area contributed by atoms with Gasteiger partial charge in [-0.2, -0.15) is 0 Å². The summed E-state index contributed by atoms with van der Waals surface area (Å²) in [6, 6.07) is 7.42. The molecule has 6 nitrogen and oxygen atoms in total. The van der Waals surface area contributed by atoms with Crippen molar-refractivity contribution in [1.82, 2.24) is 10.6 Å². The van der Waals surface area contributed by atoms with Crippen molar-refractivity contribution in [3.63, 3.8) is 0 Å². The first-order valence-electron chi connectivity index (χ1n) is 7.66. The Bertz CT molecular complexity index is 458. The molecule has 0 saturated carbocycles. The van der Waals surface area contributed by atoms with Gasteiger partial charge in [-0.3, -0.25) is 4.99 Å². The number of para-hydroxylation sites is 1. The number of rotatable bonds is 11. The molecule has 0 radical (unpaired) electrons. The number of guanidine groups is 1. The summed E-state index contributed by atoms with van der Waals surface area (Å²) >= 11 is 6.02. The molecule has 1 aromatic rings. The molecule has 0 fully saturated rings. The van der Waals surface area contributed by atoms with Crippen molar-refractivity contribution >= 4 is 17.6 Å². The van der Waals surface area contributed by atoms with Gasteiger partial charge in [-0.1, -0.05) is 23.7 Å². The Labute approximate surface area is 143 Å². The van der Waals surface area contributed by atoms with Gasteiger partial charge in [-0.25, -0.2) is 0 Å². The summed E-state index contributed by atoms with van der Waals surface area (Å²) < 4.78 is 15.9. The zero-order chi connectivity index (χ0) is 16.8. The first-order valence-corrected chi connectivity index (χ1v) is 8.04. The number of hydrogen-bond donors (Lipinski definition) is 2. The van der Waals surface area contributed by atoms with Crippen LogP contribution >= 0.6 is 11.6 Å². The van der Waals surface area contributed by atoms with Crippen molar-refractivity contribution in [3.05, 3.63) is 29.3 Å². The third kappa shape index (κ3) is 9.28. The van der Waals surface area contributed by atoms with Crippen LogP contribution in [-0.4, -0.2) is 59.6 Å². The molecular formula is C16H26ClN3O3. The van der Waals surface area contributed by atoms with Gasteiger partial charge in [0.05, 0.1) is 24.8 Å². The first-order chi connectivity index (χ1) is 11.3. The van der Waals surface area contributed by atoms with Crippen LogP contribution in [-0.2, 0) is 9.47 Å². The summed E-state index contributed by atoms with van der Waals surface area (Å²) in [5.74, 6) is 1.43. The molecule has 0 unspecified atom stereocenters. The summed E-state index contributed by atoms with van der Waals surface area (Å²) in [4.78, 5) is 4.15. The zero-order valence-electron chi connectivity index (χ0n) is 13.8. The molecule has 0 aliphatic rings. The van der Waals surface area contributed by atoms with Crippen molar-refractivity contribution in [2.24, 2.45) is 4.99 Å². The molecule has 0 spiro atoms. The molecule has 0 amide bonds. The van der Waals surface area contributed by atoms with E-state index in [1.54, 1.807) is 20.2 Å². The molecule has 7 heteroatoms. The highest BCUT2D eigenvalue weighted by molar-refractivity contribution is 6.32. The smallest absolute Gasteiger partial charge is 0.191 e. The van der Waals surface area contributed by atoms with Crippen LogP contribution in [0.2, 0.25) is 5.02 Å². The average molecular weight is 344 g/mol. The lowest BCUT2D eigenvalue weighted by Crippen LogP contribution is -2.39. The van der Waals surface area contributed by atoms with Gasteiger partial charge >= 0.3 is 0 Å². The maximum Gasteiger partial charge on any atom is 0.191 e. The van der Waals surface area contributed by atoms with E-state index >= 15 is 0 Å². The Kier molecular flexibility index (Phi) is 11.0. The Morgan fingerprint density at radius 2 is 1.87 bits per heavy atom. The fourth-order valence-electron chi connectivity index (χ4n) is 1.74. The minimum absolute atomic E-state index is 0.505. The SMILES string of the molecule is CN=C(NCCCOCCOC)NCCOc1ccccc1Cl. The standard InChI is InChI=1S/C16H26ClN3O3/c1-18-16(19-8-5-10-22-13-12-21-2)20-9-11-23-15-7-4-3-6-14(15)17/h3-4,6-7H,5,8-13H2,1-2H3,(H2,18,19,20). The predicted octanol–water partition coefficient (Wildman–Crippen LogP) is 1.94. The minimum atomic E-state index is 0.505. The summed E-state index contributed by atoms with van der Waals surface area (Å²) in [5, 5.41) is 7.01. The van der Waals surface area contributed by atoms with Crippen LogP contribution in [0.4, 0.5) is 0 Å². The Hall–Kier alpha value is -1.50. The van der Waals surface area contributed by atoms with E-state index in [0.29, 0.717) is 43.7 Å². The molecule has 0 heterocycles. The van der Waals surface area contributed by atoms with Crippen molar-refractivity contribution < 1.29 is 14.2 Å². The second-order valence-electron chi connectivity index (χ2n) is 4.66. The van der Waals surface area contributed by atoms with Crippen LogP contribution in [0.25, 0.3) is 0 Å². The van der Waals surface area contributed by atoms with Crippen molar-refractivity contribution in [2.75, 3.05) is 53.7 Å². The third-order valence-electron chi connectivity index (χ3n) is 2.90. The average Bonchev–Trinajstić information content (AvgIpc) is 2.57. The highest BCUT2D eigenvalue weighted by Gasteiger charge is 2.00. The van der Waals surface area contributed by atoms with Gasteiger partial charge < -0.3 is 24.8 Å². The number of benzene rings is 1. The molecule has 0 aromatic heterocycles. The molecule has 23 heavy (non-hydrogen) atoms. The number of halogens is 1. The molecule has 1 aromatic carbocycles. The lowest BCUT2D eigenvalue weighted by molar-refractivity contribution is 0.0698. The topological polar surface area (TPSA) is 64.1 Å². The van der Waals surface area contributed by atoms with E-state index in [4.69, 9.17) is 25.8 Å². The number of nitrogens with one attached hydrogen (secondary N) is 2. The number of ether oxygens (including phenoxy) is 3. The maximum absolute atomic E-state index is 6.02. The number of aliphatic imine (C=N–C) groups is 1. The van der Waals surface area contributed by atoms with Gasteiger partial charge in [0, 0.05) is 27.3 Å². The molecule has 1 rings (SSSR count). The summed E-state index contributed by atoms with van der Waals surface area (Å²) in [7, 11) is 3.40. The highest BCUT2D eigenvalue weighted by atomic mass is 35.5. The minimum Gasteiger partial charge on any atom is -0.490 e. The van der Waals surface area contributed by atoms with Gasteiger partial charge in [-0.15, -0.1) is 0 Å². The molecule has 0 bridgehead atoms. The Morgan fingerprint density at radius 3 is 2.61 bits per heavy atom. The number of hydrogen-bond acceptors (Lipinski definition) is 4. The van der Waals surface area contributed by atoms with Gasteiger partial charge in [0.25, 0.3) is 0 Å². The Balaban J connectivity index is 2.07. The molecule has 0 aliphatic heterocycles. The molecule has 0 aliphatic carbocycles. The maximum atomic E-state index is 6.02. The summed E-state index contributed by atoms with van der Waals surface area (Å²) in [6.45, 7) is 3.88. The van der Waals surface area contributed by atoms with Crippen LogP contribution < -0.4 is 15.4 Å². The van der Waals surface area contributed by atoms with Crippen molar-refractivity contribution in [2.45, 2.75) is 6.42 Å². The van der Waals surface area contributed by atoms with Crippen LogP contribution in [0.15, 0.2) is 29.3 Å². The number of methoxy groups -OCH3 is 1. The molecule has 130 valence electrons. The molecule has 0 saturated heterocycles. The summed E-state index contributed by atoms with van der Waals surface area (Å²) in [6.07, 6.45) is 0.903. The second-order valence-corrected chi connectivity index (χ2v) is 5.07. The van der Waals surface area contributed by atoms with E-state index in [9.17, 15) is 0 Å². The lowest BCUT2D eigenvalue weighted by Gasteiger charge is -2.13. The van der Waals surface area contributed by atoms with Crippen LogP contribution in [0.1, 0.15) is 6.42 Å². The summed E-state index contributed by atoms with van der Waals surface area (Å²) in [5.41, 5.74) is 0. The van der Waals surface area contributed by atoms with Crippen LogP contribution in [0.3, 0.4) is 0 Å². The van der Waals surface area contributed by atoms with Gasteiger partial charge in [0.2, 0.25) is 0 Å². The lowest BCUT2D eigenvalue weighted by atomic mass is 10.3. The normalized spacial score (nSPS) is 11.3. The van der Waals surface area contributed by atoms with Gasteiger partial charge in [-0.05, 0) is 18.6 Å². The van der Waals surface area contributed by atoms with Crippen molar-refractivity contribution in [3.8, 4) is 5.75 Å². The monoisotopic (exact) mass is 343 g/mol.